The molecular weight excluding hydrogens is 853 g/mol. The van der Waals surface area contributed by atoms with E-state index in [4.69, 9.17) is 9.72 Å². The van der Waals surface area contributed by atoms with E-state index in [1.807, 2.05) is 6.20 Å². The van der Waals surface area contributed by atoms with Gasteiger partial charge in [-0.1, -0.05) is 171 Å². The first-order chi connectivity index (χ1) is 33.0. The van der Waals surface area contributed by atoms with Gasteiger partial charge >= 0.3 is 0 Å². The molecule has 0 unspecified atom stereocenters. The van der Waals surface area contributed by atoms with Gasteiger partial charge in [-0.05, 0) is 128 Å². The molecule has 0 spiro atoms. The summed E-state index contributed by atoms with van der Waals surface area (Å²) in [6.07, 6.45) is 4.31. The summed E-state index contributed by atoms with van der Waals surface area (Å²) in [4.78, 5) is 9.96. The summed E-state index contributed by atoms with van der Waals surface area (Å²) in [5, 5.41) is 2.35. The summed E-state index contributed by atoms with van der Waals surface area (Å²) in [5.74, 6) is 3.12. The fourth-order valence-electron chi connectivity index (χ4n) is 10.3. The molecule has 5 heteroatoms. The zero-order chi connectivity index (χ0) is 50.1. The monoisotopic (exact) mass is 927 g/mol. The number of benzene rings is 6. The molecule has 360 valence electrons. The van der Waals surface area contributed by atoms with E-state index in [0.29, 0.717) is 18.5 Å². The van der Waals surface area contributed by atoms with Gasteiger partial charge in [0.25, 0.3) is 0 Å². The van der Waals surface area contributed by atoms with Crippen LogP contribution in [0.4, 0.5) is 11.4 Å². The average molecular weight is 927 g/mol. The molecule has 1 aliphatic rings. The van der Waals surface area contributed by atoms with Crippen molar-refractivity contribution >= 4 is 33.2 Å². The summed E-state index contributed by atoms with van der Waals surface area (Å²) in [6.45, 7) is 35.1. The molecule has 0 saturated heterocycles. The highest BCUT2D eigenvalue weighted by atomic mass is 16.5. The number of pyridine rings is 1. The lowest BCUT2D eigenvalue weighted by molar-refractivity contribution is 0.481. The van der Waals surface area contributed by atoms with Crippen molar-refractivity contribution in [3.8, 4) is 28.4 Å². The molecule has 3 heterocycles. The second-order valence-electron chi connectivity index (χ2n) is 23.9. The van der Waals surface area contributed by atoms with Gasteiger partial charge in [-0.25, -0.2) is 4.98 Å². The van der Waals surface area contributed by atoms with Crippen molar-refractivity contribution < 1.29 is 4.74 Å². The van der Waals surface area contributed by atoms with Crippen LogP contribution in [0.5, 0.6) is 11.5 Å². The van der Waals surface area contributed by atoms with Crippen molar-refractivity contribution in [1.29, 1.82) is 0 Å². The van der Waals surface area contributed by atoms with Gasteiger partial charge in [-0.15, -0.1) is 0 Å². The van der Waals surface area contributed by atoms with Gasteiger partial charge in [0.1, 0.15) is 17.3 Å². The third-order valence-electron chi connectivity index (χ3n) is 14.6. The molecule has 0 saturated carbocycles. The Bertz CT molecular complexity index is 3230. The fraction of sp³-hybridized carbons (Fsp3) is 0.338. The summed E-state index contributed by atoms with van der Waals surface area (Å²) >= 11 is 0. The second-order valence-corrected chi connectivity index (χ2v) is 23.9. The molecule has 1 aliphatic heterocycles. The minimum absolute atomic E-state index is 0.0388. The van der Waals surface area contributed by atoms with Crippen LogP contribution in [0.25, 0.3) is 38.8 Å². The van der Waals surface area contributed by atoms with E-state index in [1.54, 1.807) is 0 Å². The van der Waals surface area contributed by atoms with Gasteiger partial charge in [0.15, 0.2) is 0 Å². The van der Waals surface area contributed by atoms with Gasteiger partial charge in [0.2, 0.25) is 0 Å². The molecule has 6 aromatic carbocycles. The number of fused-ring (bicyclic) bond motifs is 3. The van der Waals surface area contributed by atoms with Gasteiger partial charge in [-0.3, -0.25) is 4.57 Å². The van der Waals surface area contributed by atoms with Crippen LogP contribution in [0.15, 0.2) is 158 Å². The Kier molecular flexibility index (Phi) is 12.4. The number of hydrogen-bond donors (Lipinski definition) is 0. The van der Waals surface area contributed by atoms with Crippen molar-refractivity contribution in [2.24, 2.45) is 5.41 Å². The Morgan fingerprint density at radius 1 is 0.500 bits per heavy atom. The largest absolute Gasteiger partial charge is 0.457 e. The Hall–Kier alpha value is -6.59. The van der Waals surface area contributed by atoms with Gasteiger partial charge < -0.3 is 14.5 Å². The zero-order valence-corrected chi connectivity index (χ0v) is 44.5. The first-order valence-electron chi connectivity index (χ1n) is 25.4. The molecule has 0 aliphatic carbocycles. The van der Waals surface area contributed by atoms with Crippen molar-refractivity contribution in [3.63, 3.8) is 0 Å². The molecule has 8 aromatic rings. The predicted octanol–water partition coefficient (Wildman–Crippen LogP) is 18.0. The smallest absolute Gasteiger partial charge is 0.137 e. The van der Waals surface area contributed by atoms with E-state index < -0.39 is 0 Å². The van der Waals surface area contributed by atoms with Crippen LogP contribution < -0.4 is 14.5 Å². The lowest BCUT2D eigenvalue weighted by Crippen LogP contribution is -2.30. The molecule has 70 heavy (non-hydrogen) atoms. The summed E-state index contributed by atoms with van der Waals surface area (Å²) in [7, 11) is 0. The quantitative estimate of drug-likeness (QED) is 0.137. The Morgan fingerprint density at radius 3 is 1.81 bits per heavy atom. The lowest BCUT2D eigenvalue weighted by atomic mass is 9.78. The van der Waals surface area contributed by atoms with E-state index in [-0.39, 0.29) is 21.7 Å². The maximum Gasteiger partial charge on any atom is 0.137 e. The van der Waals surface area contributed by atoms with Crippen molar-refractivity contribution in [1.82, 2.24) is 9.55 Å². The highest BCUT2D eigenvalue weighted by Gasteiger charge is 2.33. The van der Waals surface area contributed by atoms with Gasteiger partial charge in [0.05, 0.1) is 17.7 Å². The lowest BCUT2D eigenvalue weighted by Gasteiger charge is -2.32. The molecule has 0 bridgehead atoms. The average Bonchev–Trinajstić information content (AvgIpc) is 3.92. The number of allylic oxidation sites excluding steroid dienone is 1. The molecule has 9 rings (SSSR count). The van der Waals surface area contributed by atoms with Crippen molar-refractivity contribution in [2.45, 2.75) is 132 Å². The SMILES string of the molecule is CC(C)c1cccc(C(C)C)c1-c1cc(Oc2ccc3c4cc(C(C)(C)c5ccccc5)ccc4n(-c4cc(C(C)(C)C)ccn4)c3c2)cc(N2CN(c3cccc(C(C)(C)C)c3)C=C2C(C)(C)C)c1. The third kappa shape index (κ3) is 9.28. The van der Waals surface area contributed by atoms with Crippen molar-refractivity contribution in [2.75, 3.05) is 16.5 Å². The fourth-order valence-corrected chi connectivity index (χ4v) is 10.3. The molecule has 0 atom stereocenters. The number of rotatable bonds is 10. The molecule has 0 radical (unpaired) electrons. The molecule has 5 nitrogen and oxygen atoms in total. The molecule has 2 aromatic heterocycles. The van der Waals surface area contributed by atoms with E-state index in [1.165, 1.54) is 55.7 Å². The summed E-state index contributed by atoms with van der Waals surface area (Å²) in [5.41, 5.74) is 15.6. The molecule has 0 amide bonds. The number of aromatic nitrogens is 2. The van der Waals surface area contributed by atoms with Crippen molar-refractivity contribution in [3.05, 3.63) is 191 Å². The van der Waals surface area contributed by atoms with Gasteiger partial charge in [0, 0.05) is 63.2 Å². The molecular formula is C65H74N4O. The van der Waals surface area contributed by atoms with Crippen LogP contribution in [0.1, 0.15) is 149 Å². The van der Waals surface area contributed by atoms with E-state index in [0.717, 1.165) is 45.0 Å². The number of anilines is 2. The number of nitrogens with zero attached hydrogens (tertiary/aromatic N) is 4. The Labute approximate surface area is 418 Å². The highest BCUT2D eigenvalue weighted by Crippen LogP contribution is 2.46. The third-order valence-corrected chi connectivity index (χ3v) is 14.6. The van der Waals surface area contributed by atoms with Crippen LogP contribution in [0, 0.1) is 5.41 Å². The zero-order valence-electron chi connectivity index (χ0n) is 44.5. The first kappa shape index (κ1) is 48.4. The topological polar surface area (TPSA) is 33.5 Å². The predicted molar refractivity (Wildman–Crippen MR) is 298 cm³/mol. The maximum absolute atomic E-state index is 7.24. The summed E-state index contributed by atoms with van der Waals surface area (Å²) < 4.78 is 9.57. The van der Waals surface area contributed by atoms with E-state index in [9.17, 15) is 0 Å². The standard InChI is InChI=1S/C65H74N4O/c1-42(2)53-25-20-26-54(43(3)4)61(53)44-33-50(68-41-67(40-59(68)64(11,12)13)49-24-19-23-46(35-49)62(5,6)7)38-52(34-44)70-51-28-29-55-56-36-48(65(14,15)45-21-17-16-18-22-45)27-30-57(56)69(58(55)39-51)60-37-47(31-32-66-60)63(8,9)10/h16-40,42-43H,41H2,1-15H3. The van der Waals surface area contributed by atoms with Crippen LogP contribution in [0.3, 0.4) is 0 Å². The van der Waals surface area contributed by atoms with E-state index >= 15 is 0 Å². The Balaban J connectivity index is 1.22. The molecule has 0 N–H and O–H groups in total. The van der Waals surface area contributed by atoms with E-state index in [2.05, 4.69) is 264 Å². The molecule has 0 fully saturated rings. The second kappa shape index (κ2) is 18.0. The van der Waals surface area contributed by atoms with Gasteiger partial charge in [-0.2, -0.15) is 0 Å². The van der Waals surface area contributed by atoms with Crippen LogP contribution >= 0.6 is 0 Å². The first-order valence-corrected chi connectivity index (χ1v) is 25.4. The number of ether oxygens (including phenoxy) is 1. The van der Waals surface area contributed by atoms with Crippen LogP contribution in [0.2, 0.25) is 0 Å². The van der Waals surface area contributed by atoms with Crippen LogP contribution in [-0.2, 0) is 16.2 Å². The summed E-state index contributed by atoms with van der Waals surface area (Å²) in [6, 6.07) is 51.6. The normalized spacial score (nSPS) is 13.9. The minimum Gasteiger partial charge on any atom is -0.457 e. The Morgan fingerprint density at radius 2 is 1.16 bits per heavy atom. The highest BCUT2D eigenvalue weighted by molar-refractivity contribution is 6.10. The number of hydrogen-bond acceptors (Lipinski definition) is 4. The minimum atomic E-state index is -0.200. The maximum atomic E-state index is 7.24. The van der Waals surface area contributed by atoms with Crippen LogP contribution in [-0.4, -0.2) is 16.2 Å².